The Morgan fingerprint density at radius 1 is 1.27 bits per heavy atom. The Bertz CT molecular complexity index is 531. The number of ether oxygens (including phenoxy) is 1. The topological polar surface area (TPSA) is 75.6 Å². The van der Waals surface area contributed by atoms with Crippen molar-refractivity contribution in [3.8, 4) is 0 Å². The van der Waals surface area contributed by atoms with E-state index in [4.69, 9.17) is 4.74 Å². The molecule has 1 aromatic carbocycles. The van der Waals surface area contributed by atoms with Crippen LogP contribution in [0.2, 0.25) is 0 Å². The molecule has 0 radical (unpaired) electrons. The summed E-state index contributed by atoms with van der Waals surface area (Å²) in [6.45, 7) is 4.27. The molecule has 5 heteroatoms. The van der Waals surface area contributed by atoms with E-state index in [1.54, 1.807) is 0 Å². The van der Waals surface area contributed by atoms with Gasteiger partial charge in [0, 0.05) is 0 Å². The molecule has 0 unspecified atom stereocenters. The summed E-state index contributed by atoms with van der Waals surface area (Å²) in [5.74, 6) is -0.267. The van der Waals surface area contributed by atoms with Crippen molar-refractivity contribution in [3.63, 3.8) is 0 Å². The maximum Gasteiger partial charge on any atom is 0.408 e. The van der Waals surface area contributed by atoms with Gasteiger partial charge in [0.05, 0.1) is 0 Å². The maximum absolute atomic E-state index is 12.0. The van der Waals surface area contributed by atoms with Gasteiger partial charge >= 0.3 is 12.1 Å². The minimum Gasteiger partial charge on any atom is -0.480 e. The Kier molecular flexibility index (Phi) is 5.06. The van der Waals surface area contributed by atoms with Crippen LogP contribution in [0.4, 0.5) is 4.79 Å². The summed E-state index contributed by atoms with van der Waals surface area (Å²) in [6, 6.07) is 9.31. The van der Waals surface area contributed by atoms with Crippen molar-refractivity contribution in [1.82, 2.24) is 5.32 Å². The third-order valence-electron chi connectivity index (χ3n) is 4.63. The number of amides is 1. The van der Waals surface area contributed by atoms with Gasteiger partial charge in [0.25, 0.3) is 0 Å². The van der Waals surface area contributed by atoms with E-state index in [0.717, 1.165) is 12.0 Å². The number of carbonyl (C=O) groups is 2. The molecule has 2 rings (SSSR count). The van der Waals surface area contributed by atoms with Crippen molar-refractivity contribution in [2.45, 2.75) is 45.3 Å². The monoisotopic (exact) mass is 305 g/mol. The van der Waals surface area contributed by atoms with E-state index in [0.29, 0.717) is 18.8 Å². The molecule has 3 atom stereocenters. The van der Waals surface area contributed by atoms with Gasteiger partial charge < -0.3 is 15.2 Å². The first kappa shape index (κ1) is 16.3. The lowest BCUT2D eigenvalue weighted by atomic mass is 9.71. The van der Waals surface area contributed by atoms with Gasteiger partial charge in [0.15, 0.2) is 0 Å². The van der Waals surface area contributed by atoms with Gasteiger partial charge in [0.2, 0.25) is 0 Å². The van der Waals surface area contributed by atoms with Gasteiger partial charge in [-0.15, -0.1) is 0 Å². The summed E-state index contributed by atoms with van der Waals surface area (Å²) in [6.07, 6.45) is 0.984. The third-order valence-corrected chi connectivity index (χ3v) is 4.63. The number of rotatable bonds is 4. The molecule has 22 heavy (non-hydrogen) atoms. The SMILES string of the molecule is C[C@@H]1CC[C@@](NC(=O)OCc2ccccc2)(C(=O)O)C[C@@H]1C. The summed E-state index contributed by atoms with van der Waals surface area (Å²) in [7, 11) is 0. The Hall–Kier alpha value is -2.04. The smallest absolute Gasteiger partial charge is 0.408 e. The van der Waals surface area contributed by atoms with E-state index >= 15 is 0 Å². The van der Waals surface area contributed by atoms with E-state index in [1.807, 2.05) is 37.3 Å². The van der Waals surface area contributed by atoms with Crippen molar-refractivity contribution in [2.24, 2.45) is 11.8 Å². The lowest BCUT2D eigenvalue weighted by Gasteiger charge is -2.39. The highest BCUT2D eigenvalue weighted by Crippen LogP contribution is 2.36. The maximum atomic E-state index is 12.0. The fourth-order valence-electron chi connectivity index (χ4n) is 2.93. The molecule has 1 aliphatic carbocycles. The molecule has 5 nitrogen and oxygen atoms in total. The van der Waals surface area contributed by atoms with Crippen molar-refractivity contribution in [3.05, 3.63) is 35.9 Å². The molecule has 0 saturated heterocycles. The van der Waals surface area contributed by atoms with Crippen LogP contribution in [0.3, 0.4) is 0 Å². The first-order valence-corrected chi connectivity index (χ1v) is 7.65. The Labute approximate surface area is 130 Å². The van der Waals surface area contributed by atoms with Gasteiger partial charge in [-0.3, -0.25) is 0 Å². The van der Waals surface area contributed by atoms with Crippen LogP contribution in [0, 0.1) is 11.8 Å². The fraction of sp³-hybridized carbons (Fsp3) is 0.529. The highest BCUT2D eigenvalue weighted by molar-refractivity contribution is 5.84. The first-order chi connectivity index (χ1) is 10.4. The van der Waals surface area contributed by atoms with Crippen LogP contribution in [0.25, 0.3) is 0 Å². The summed E-state index contributed by atoms with van der Waals surface area (Å²) in [4.78, 5) is 23.7. The second kappa shape index (κ2) is 6.81. The molecule has 0 aromatic heterocycles. The quantitative estimate of drug-likeness (QED) is 0.895. The molecular weight excluding hydrogens is 282 g/mol. The average molecular weight is 305 g/mol. The summed E-state index contributed by atoms with van der Waals surface area (Å²) < 4.78 is 5.15. The van der Waals surface area contributed by atoms with Crippen LogP contribution in [-0.2, 0) is 16.1 Å². The number of carboxylic acids is 1. The highest BCUT2D eigenvalue weighted by atomic mass is 16.5. The standard InChI is InChI=1S/C17H23NO4/c1-12-8-9-17(15(19)20,10-13(12)2)18-16(21)22-11-14-6-4-3-5-7-14/h3-7,12-13H,8-11H2,1-2H3,(H,18,21)(H,19,20)/t12-,13+,17+/m1/s1. The van der Waals surface area contributed by atoms with Gasteiger partial charge in [0.1, 0.15) is 12.1 Å². The zero-order valence-electron chi connectivity index (χ0n) is 13.0. The fourth-order valence-corrected chi connectivity index (χ4v) is 2.93. The lowest BCUT2D eigenvalue weighted by molar-refractivity contribution is -0.147. The predicted molar refractivity (Wildman–Crippen MR) is 82.3 cm³/mol. The molecule has 0 bridgehead atoms. The number of nitrogens with one attached hydrogen (secondary N) is 1. The summed E-state index contributed by atoms with van der Waals surface area (Å²) in [5, 5.41) is 12.1. The van der Waals surface area contributed by atoms with Gasteiger partial charge in [-0.25, -0.2) is 9.59 Å². The summed E-state index contributed by atoms with van der Waals surface area (Å²) >= 11 is 0. The second-order valence-electron chi connectivity index (χ2n) is 6.27. The number of aliphatic carboxylic acids is 1. The van der Waals surface area contributed by atoms with Crippen molar-refractivity contribution in [2.75, 3.05) is 0 Å². The molecule has 1 aliphatic rings. The van der Waals surface area contributed by atoms with E-state index < -0.39 is 17.6 Å². The molecule has 1 aromatic rings. The van der Waals surface area contributed by atoms with Crippen LogP contribution in [0.5, 0.6) is 0 Å². The first-order valence-electron chi connectivity index (χ1n) is 7.65. The average Bonchev–Trinajstić information content (AvgIpc) is 2.50. The third kappa shape index (κ3) is 3.78. The van der Waals surface area contributed by atoms with E-state index in [-0.39, 0.29) is 12.5 Å². The largest absolute Gasteiger partial charge is 0.480 e. The van der Waals surface area contributed by atoms with Crippen LogP contribution < -0.4 is 5.32 Å². The van der Waals surface area contributed by atoms with Crippen LogP contribution in [0.15, 0.2) is 30.3 Å². The van der Waals surface area contributed by atoms with E-state index in [9.17, 15) is 14.7 Å². The molecule has 120 valence electrons. The summed E-state index contributed by atoms with van der Waals surface area (Å²) in [5.41, 5.74) is -0.340. The molecule has 0 heterocycles. The normalized spacial score (nSPS) is 27.9. The van der Waals surface area contributed by atoms with Crippen LogP contribution in [0.1, 0.15) is 38.7 Å². The second-order valence-corrected chi connectivity index (χ2v) is 6.27. The van der Waals surface area contributed by atoms with Gasteiger partial charge in [-0.05, 0) is 36.7 Å². The highest BCUT2D eigenvalue weighted by Gasteiger charge is 2.45. The molecule has 1 fully saturated rings. The molecule has 1 saturated carbocycles. The molecule has 0 aliphatic heterocycles. The van der Waals surface area contributed by atoms with E-state index in [1.165, 1.54) is 0 Å². The Morgan fingerprint density at radius 2 is 1.95 bits per heavy atom. The van der Waals surface area contributed by atoms with E-state index in [2.05, 4.69) is 12.2 Å². The Balaban J connectivity index is 1.96. The van der Waals surface area contributed by atoms with Gasteiger partial charge in [-0.2, -0.15) is 0 Å². The number of carbonyl (C=O) groups excluding carboxylic acids is 1. The zero-order chi connectivity index (χ0) is 16.2. The number of carboxylic acid groups (broad SMARTS) is 1. The molecule has 1 amide bonds. The zero-order valence-corrected chi connectivity index (χ0v) is 13.0. The molecular formula is C17H23NO4. The number of benzene rings is 1. The predicted octanol–water partition coefficient (Wildman–Crippen LogP) is 3.19. The van der Waals surface area contributed by atoms with Crippen molar-refractivity contribution >= 4 is 12.1 Å². The number of alkyl carbamates (subject to hydrolysis) is 1. The van der Waals surface area contributed by atoms with Crippen molar-refractivity contribution in [1.29, 1.82) is 0 Å². The minimum atomic E-state index is -1.21. The van der Waals surface area contributed by atoms with Crippen molar-refractivity contribution < 1.29 is 19.4 Å². The lowest BCUT2D eigenvalue weighted by Crippen LogP contribution is -2.57. The number of hydrogen-bond donors (Lipinski definition) is 2. The van der Waals surface area contributed by atoms with Crippen LogP contribution in [-0.4, -0.2) is 22.7 Å². The van der Waals surface area contributed by atoms with Gasteiger partial charge in [-0.1, -0.05) is 44.2 Å². The molecule has 0 spiro atoms. The Morgan fingerprint density at radius 3 is 2.55 bits per heavy atom. The van der Waals surface area contributed by atoms with Crippen LogP contribution >= 0.6 is 0 Å². The number of hydrogen-bond acceptors (Lipinski definition) is 3. The minimum absolute atomic E-state index is 0.133. The molecule has 2 N–H and O–H groups in total.